The molecule has 2 atom stereocenters. The van der Waals surface area contributed by atoms with Gasteiger partial charge in [0.25, 0.3) is 0 Å². The molecule has 1 aromatic carbocycles. The van der Waals surface area contributed by atoms with Gasteiger partial charge in [0.2, 0.25) is 0 Å². The zero-order valence-electron chi connectivity index (χ0n) is 9.87. The predicted octanol–water partition coefficient (Wildman–Crippen LogP) is 2.48. The molecule has 1 aliphatic rings. The third-order valence-corrected chi connectivity index (χ3v) is 3.39. The van der Waals surface area contributed by atoms with Crippen molar-refractivity contribution in [3.63, 3.8) is 0 Å². The summed E-state index contributed by atoms with van der Waals surface area (Å²) in [5, 5.41) is 9.58. The highest BCUT2D eigenvalue weighted by molar-refractivity contribution is 5.23. The average Bonchev–Trinajstić information content (AvgIpc) is 2.28. The maximum atomic E-state index is 13.6. The Kier molecular flexibility index (Phi) is 3.74. The van der Waals surface area contributed by atoms with E-state index in [-0.39, 0.29) is 17.7 Å². The standard InChI is InChI=1S/C13H17F2NO/c1-9(16-7-3-4-10(17)8-16)13-11(14)5-2-6-12(13)15/h2,5-6,9-10,17H,3-4,7-8H2,1H3. The van der Waals surface area contributed by atoms with Crippen molar-refractivity contribution in [1.82, 2.24) is 4.90 Å². The zero-order valence-corrected chi connectivity index (χ0v) is 9.87. The Labute approximate surface area is 99.9 Å². The molecule has 1 heterocycles. The largest absolute Gasteiger partial charge is 0.392 e. The maximum absolute atomic E-state index is 13.6. The lowest BCUT2D eigenvalue weighted by atomic mass is 10.0. The molecule has 0 spiro atoms. The number of nitrogens with zero attached hydrogens (tertiary/aromatic N) is 1. The highest BCUT2D eigenvalue weighted by atomic mass is 19.1. The number of piperidine rings is 1. The van der Waals surface area contributed by atoms with Gasteiger partial charge in [-0.3, -0.25) is 4.90 Å². The topological polar surface area (TPSA) is 23.5 Å². The van der Waals surface area contributed by atoms with Gasteiger partial charge in [0.1, 0.15) is 11.6 Å². The number of benzene rings is 1. The van der Waals surface area contributed by atoms with Crippen LogP contribution < -0.4 is 0 Å². The van der Waals surface area contributed by atoms with E-state index < -0.39 is 11.6 Å². The lowest BCUT2D eigenvalue weighted by molar-refractivity contribution is 0.0486. The van der Waals surface area contributed by atoms with Gasteiger partial charge in [0.15, 0.2) is 0 Å². The Morgan fingerprint density at radius 2 is 2.00 bits per heavy atom. The van der Waals surface area contributed by atoms with Crippen molar-refractivity contribution >= 4 is 0 Å². The average molecular weight is 241 g/mol. The Balaban J connectivity index is 2.21. The van der Waals surface area contributed by atoms with E-state index in [0.29, 0.717) is 6.54 Å². The summed E-state index contributed by atoms with van der Waals surface area (Å²) >= 11 is 0. The molecule has 1 N–H and O–H groups in total. The quantitative estimate of drug-likeness (QED) is 0.860. The summed E-state index contributed by atoms with van der Waals surface area (Å²) in [6.07, 6.45) is 1.24. The van der Waals surface area contributed by atoms with E-state index in [9.17, 15) is 13.9 Å². The molecule has 2 nitrogen and oxygen atoms in total. The third-order valence-electron chi connectivity index (χ3n) is 3.39. The van der Waals surface area contributed by atoms with Crippen molar-refractivity contribution in [1.29, 1.82) is 0 Å². The molecule has 17 heavy (non-hydrogen) atoms. The van der Waals surface area contributed by atoms with E-state index in [1.165, 1.54) is 18.2 Å². The van der Waals surface area contributed by atoms with Gasteiger partial charge >= 0.3 is 0 Å². The van der Waals surface area contributed by atoms with E-state index in [4.69, 9.17) is 0 Å². The molecule has 1 aromatic rings. The molecule has 1 aliphatic heterocycles. The van der Waals surface area contributed by atoms with Gasteiger partial charge in [-0.25, -0.2) is 8.78 Å². The highest BCUT2D eigenvalue weighted by Crippen LogP contribution is 2.28. The lowest BCUT2D eigenvalue weighted by Crippen LogP contribution is -2.40. The molecular weight excluding hydrogens is 224 g/mol. The number of β-amino-alcohol motifs (C(OH)–C–C–N with tert-alkyl or cyclic N) is 1. The minimum atomic E-state index is -0.516. The van der Waals surface area contributed by atoms with Crippen LogP contribution >= 0.6 is 0 Å². The molecule has 94 valence electrons. The second kappa shape index (κ2) is 5.10. The van der Waals surface area contributed by atoms with Crippen LogP contribution in [0.25, 0.3) is 0 Å². The molecule has 4 heteroatoms. The van der Waals surface area contributed by atoms with Gasteiger partial charge in [-0.05, 0) is 38.4 Å². The van der Waals surface area contributed by atoms with E-state index >= 15 is 0 Å². The number of halogens is 2. The lowest BCUT2D eigenvalue weighted by Gasteiger charge is -2.35. The van der Waals surface area contributed by atoms with Gasteiger partial charge in [0.05, 0.1) is 6.10 Å². The number of hydrogen-bond donors (Lipinski definition) is 1. The van der Waals surface area contributed by atoms with Gasteiger partial charge in [0, 0.05) is 18.2 Å². The Bertz CT molecular complexity index is 377. The van der Waals surface area contributed by atoms with Crippen molar-refractivity contribution in [2.75, 3.05) is 13.1 Å². The molecule has 2 unspecified atom stereocenters. The van der Waals surface area contributed by atoms with Crippen molar-refractivity contribution in [2.45, 2.75) is 31.9 Å². The SMILES string of the molecule is CC(c1c(F)cccc1F)N1CCCC(O)C1. The summed E-state index contributed by atoms with van der Waals surface area (Å²) in [5.41, 5.74) is 0.0987. The van der Waals surface area contributed by atoms with Gasteiger partial charge in [-0.1, -0.05) is 6.07 Å². The first-order chi connectivity index (χ1) is 8.09. The smallest absolute Gasteiger partial charge is 0.130 e. The Morgan fingerprint density at radius 1 is 1.35 bits per heavy atom. The van der Waals surface area contributed by atoms with E-state index in [2.05, 4.69) is 0 Å². The van der Waals surface area contributed by atoms with Gasteiger partial charge in [-0.2, -0.15) is 0 Å². The number of likely N-dealkylation sites (tertiary alicyclic amines) is 1. The summed E-state index contributed by atoms with van der Waals surface area (Å²) in [6.45, 7) is 3.03. The Morgan fingerprint density at radius 3 is 2.59 bits per heavy atom. The van der Waals surface area contributed by atoms with E-state index in [1.807, 2.05) is 4.90 Å². The first-order valence-corrected chi connectivity index (χ1v) is 5.95. The van der Waals surface area contributed by atoms with Crippen LogP contribution in [0.3, 0.4) is 0 Å². The molecule has 0 bridgehead atoms. The molecule has 1 fully saturated rings. The van der Waals surface area contributed by atoms with Crippen LogP contribution in [0, 0.1) is 11.6 Å². The fourth-order valence-corrected chi connectivity index (χ4v) is 2.43. The maximum Gasteiger partial charge on any atom is 0.130 e. The van der Waals surface area contributed by atoms with Crippen molar-refractivity contribution in [3.05, 3.63) is 35.4 Å². The van der Waals surface area contributed by atoms with Crippen molar-refractivity contribution in [2.24, 2.45) is 0 Å². The number of aliphatic hydroxyl groups is 1. The molecular formula is C13H17F2NO. The van der Waals surface area contributed by atoms with Crippen LogP contribution in [-0.2, 0) is 0 Å². The first kappa shape index (κ1) is 12.5. The minimum absolute atomic E-state index is 0.0987. The van der Waals surface area contributed by atoms with Crippen molar-refractivity contribution in [3.8, 4) is 0 Å². The third kappa shape index (κ3) is 2.64. The van der Waals surface area contributed by atoms with Crippen molar-refractivity contribution < 1.29 is 13.9 Å². The van der Waals surface area contributed by atoms with E-state index in [0.717, 1.165) is 19.4 Å². The summed E-state index contributed by atoms with van der Waals surface area (Å²) in [6, 6.07) is 3.57. The zero-order chi connectivity index (χ0) is 12.4. The first-order valence-electron chi connectivity index (χ1n) is 5.95. The Hall–Kier alpha value is -1.00. The molecule has 0 aliphatic carbocycles. The van der Waals surface area contributed by atoms with E-state index in [1.54, 1.807) is 6.92 Å². The van der Waals surface area contributed by atoms with Crippen LogP contribution in [0.1, 0.15) is 31.4 Å². The predicted molar refractivity (Wildman–Crippen MR) is 61.6 cm³/mol. The van der Waals surface area contributed by atoms with Crippen LogP contribution in [0.15, 0.2) is 18.2 Å². The number of rotatable bonds is 2. The second-order valence-corrected chi connectivity index (χ2v) is 4.60. The van der Waals surface area contributed by atoms with Crippen LogP contribution in [0.4, 0.5) is 8.78 Å². The highest BCUT2D eigenvalue weighted by Gasteiger charge is 2.26. The molecule has 0 radical (unpaired) electrons. The minimum Gasteiger partial charge on any atom is -0.392 e. The number of aliphatic hydroxyl groups excluding tert-OH is 1. The second-order valence-electron chi connectivity index (χ2n) is 4.60. The summed E-state index contributed by atoms with van der Waals surface area (Å²) in [4.78, 5) is 1.93. The fraction of sp³-hybridized carbons (Fsp3) is 0.538. The van der Waals surface area contributed by atoms with Gasteiger partial charge < -0.3 is 5.11 Å². The molecule has 1 saturated heterocycles. The molecule has 0 amide bonds. The number of hydrogen-bond acceptors (Lipinski definition) is 2. The summed E-state index contributed by atoms with van der Waals surface area (Å²) in [5.74, 6) is -1.03. The summed E-state index contributed by atoms with van der Waals surface area (Å²) < 4.78 is 27.2. The molecule has 2 rings (SSSR count). The van der Waals surface area contributed by atoms with Crippen LogP contribution in [-0.4, -0.2) is 29.2 Å². The molecule has 0 aromatic heterocycles. The monoisotopic (exact) mass is 241 g/mol. The molecule has 0 saturated carbocycles. The van der Waals surface area contributed by atoms with Crippen LogP contribution in [0.2, 0.25) is 0 Å². The van der Waals surface area contributed by atoms with Crippen LogP contribution in [0.5, 0.6) is 0 Å². The van der Waals surface area contributed by atoms with Gasteiger partial charge in [-0.15, -0.1) is 0 Å². The summed E-state index contributed by atoms with van der Waals surface area (Å²) in [7, 11) is 0. The normalized spacial score (nSPS) is 23.6. The fourth-order valence-electron chi connectivity index (χ4n) is 2.43.